The molecule has 0 bridgehead atoms. The second-order valence-electron chi connectivity index (χ2n) is 4.65. The van der Waals surface area contributed by atoms with Crippen molar-refractivity contribution >= 4 is 15.9 Å². The average molecular weight is 203 g/mol. The van der Waals surface area contributed by atoms with Crippen molar-refractivity contribution in [1.82, 2.24) is 0 Å². The first kappa shape index (κ1) is 7.15. The molecule has 0 aromatic rings. The quantitative estimate of drug-likeness (QED) is 0.573. The first-order chi connectivity index (χ1) is 4.68. The molecule has 0 nitrogen and oxygen atoms in total. The third-order valence-electron chi connectivity index (χ3n) is 3.34. The number of halogens is 1. The van der Waals surface area contributed by atoms with Gasteiger partial charge in [-0.1, -0.05) is 29.3 Å². The summed E-state index contributed by atoms with van der Waals surface area (Å²) in [6.07, 6.45) is 7.53. The lowest BCUT2D eigenvalue weighted by Crippen LogP contribution is -2.49. The summed E-state index contributed by atoms with van der Waals surface area (Å²) < 4.78 is 0. The zero-order valence-corrected chi connectivity index (χ0v) is 8.21. The molecular formula is C9H15Br. The van der Waals surface area contributed by atoms with Crippen LogP contribution in [0, 0.1) is 10.8 Å². The van der Waals surface area contributed by atoms with Crippen LogP contribution in [0.25, 0.3) is 0 Å². The normalized spacial score (nSPS) is 33.0. The van der Waals surface area contributed by atoms with Crippen LogP contribution in [0.5, 0.6) is 0 Å². The fourth-order valence-electron chi connectivity index (χ4n) is 2.88. The number of rotatable bonds is 1. The van der Waals surface area contributed by atoms with E-state index in [2.05, 4.69) is 22.9 Å². The van der Waals surface area contributed by atoms with E-state index in [0.29, 0.717) is 5.41 Å². The molecule has 10 heavy (non-hydrogen) atoms. The van der Waals surface area contributed by atoms with Gasteiger partial charge in [-0.15, -0.1) is 0 Å². The minimum atomic E-state index is 0.667. The molecule has 2 aliphatic carbocycles. The van der Waals surface area contributed by atoms with Crippen LogP contribution in [0.3, 0.4) is 0 Å². The molecular weight excluding hydrogens is 188 g/mol. The van der Waals surface area contributed by atoms with Gasteiger partial charge < -0.3 is 0 Å². The van der Waals surface area contributed by atoms with Gasteiger partial charge >= 0.3 is 0 Å². The topological polar surface area (TPSA) is 0 Å². The summed E-state index contributed by atoms with van der Waals surface area (Å²) in [5, 5.41) is 1.21. The Labute approximate surface area is 71.5 Å². The highest BCUT2D eigenvalue weighted by Crippen LogP contribution is 2.64. The van der Waals surface area contributed by atoms with Gasteiger partial charge in [0.1, 0.15) is 0 Å². The summed E-state index contributed by atoms with van der Waals surface area (Å²) >= 11 is 3.59. The smallest absolute Gasteiger partial charge is 0.00857 e. The average Bonchev–Trinajstić information content (AvgIpc) is 1.77. The number of hydrogen-bond acceptors (Lipinski definition) is 0. The highest BCUT2D eigenvalue weighted by molar-refractivity contribution is 9.09. The summed E-state index contributed by atoms with van der Waals surface area (Å²) in [5.41, 5.74) is 1.52. The maximum absolute atomic E-state index is 3.59. The van der Waals surface area contributed by atoms with Crippen molar-refractivity contribution < 1.29 is 0 Å². The Balaban J connectivity index is 1.92. The lowest BCUT2D eigenvalue weighted by atomic mass is 9.46. The second-order valence-corrected chi connectivity index (χ2v) is 5.21. The first-order valence-corrected chi connectivity index (χ1v) is 5.36. The fraction of sp³-hybridized carbons (Fsp3) is 1.00. The Morgan fingerprint density at radius 3 is 2.20 bits per heavy atom. The summed E-state index contributed by atoms with van der Waals surface area (Å²) in [6.45, 7) is 2.41. The third-order valence-corrected chi connectivity index (χ3v) is 4.69. The van der Waals surface area contributed by atoms with Gasteiger partial charge in [-0.3, -0.25) is 0 Å². The fourth-order valence-corrected chi connectivity index (χ4v) is 3.28. The lowest BCUT2D eigenvalue weighted by molar-refractivity contribution is -0.0716. The van der Waals surface area contributed by atoms with E-state index in [4.69, 9.17) is 0 Å². The van der Waals surface area contributed by atoms with Gasteiger partial charge in [0.2, 0.25) is 0 Å². The van der Waals surface area contributed by atoms with E-state index in [1.165, 1.54) is 37.4 Å². The van der Waals surface area contributed by atoms with Crippen LogP contribution < -0.4 is 0 Å². The Morgan fingerprint density at radius 1 is 1.30 bits per heavy atom. The van der Waals surface area contributed by atoms with E-state index >= 15 is 0 Å². The molecule has 2 fully saturated rings. The van der Waals surface area contributed by atoms with Crippen molar-refractivity contribution in [2.24, 2.45) is 10.8 Å². The van der Waals surface area contributed by atoms with E-state index < -0.39 is 0 Å². The van der Waals surface area contributed by atoms with Crippen molar-refractivity contribution in [3.8, 4) is 0 Å². The number of hydrogen-bond donors (Lipinski definition) is 0. The zero-order valence-electron chi connectivity index (χ0n) is 6.62. The van der Waals surface area contributed by atoms with Gasteiger partial charge in [-0.2, -0.15) is 0 Å². The molecule has 0 aromatic heterocycles. The van der Waals surface area contributed by atoms with Crippen LogP contribution in [0.4, 0.5) is 0 Å². The van der Waals surface area contributed by atoms with Crippen molar-refractivity contribution in [3.05, 3.63) is 0 Å². The Bertz CT molecular complexity index is 131. The SMILES string of the molecule is CC1(CBr)CC2(CCC2)C1. The zero-order chi connectivity index (χ0) is 7.24. The standard InChI is InChI=1S/C9H15Br/c1-8(7-10)5-9(6-8)3-2-4-9/h2-7H2,1H3. The maximum atomic E-state index is 3.59. The molecule has 1 heteroatoms. The molecule has 0 saturated heterocycles. The van der Waals surface area contributed by atoms with Gasteiger partial charge in [0.05, 0.1) is 0 Å². The van der Waals surface area contributed by atoms with Gasteiger partial charge in [-0.05, 0) is 36.5 Å². The maximum Gasteiger partial charge on any atom is 0.00857 e. The second kappa shape index (κ2) is 2.00. The summed E-state index contributed by atoms with van der Waals surface area (Å²) in [4.78, 5) is 0. The van der Waals surface area contributed by atoms with Gasteiger partial charge in [0.25, 0.3) is 0 Å². The molecule has 2 saturated carbocycles. The molecule has 0 aromatic carbocycles. The van der Waals surface area contributed by atoms with E-state index in [-0.39, 0.29) is 0 Å². The van der Waals surface area contributed by atoms with Crippen molar-refractivity contribution in [2.45, 2.75) is 39.0 Å². The van der Waals surface area contributed by atoms with Crippen LogP contribution in [0.15, 0.2) is 0 Å². The minimum absolute atomic E-state index is 0.667. The monoisotopic (exact) mass is 202 g/mol. The van der Waals surface area contributed by atoms with Gasteiger partial charge in [0.15, 0.2) is 0 Å². The van der Waals surface area contributed by atoms with Gasteiger partial charge in [-0.25, -0.2) is 0 Å². The largest absolute Gasteiger partial charge is 0.0922 e. The minimum Gasteiger partial charge on any atom is -0.0922 e. The Kier molecular flexibility index (Phi) is 1.43. The molecule has 58 valence electrons. The van der Waals surface area contributed by atoms with Crippen LogP contribution in [-0.4, -0.2) is 5.33 Å². The Morgan fingerprint density at radius 2 is 1.90 bits per heavy atom. The van der Waals surface area contributed by atoms with Crippen molar-refractivity contribution in [2.75, 3.05) is 5.33 Å². The van der Waals surface area contributed by atoms with Crippen LogP contribution >= 0.6 is 15.9 Å². The van der Waals surface area contributed by atoms with Crippen molar-refractivity contribution in [3.63, 3.8) is 0 Å². The predicted octanol–water partition coefficient (Wildman–Crippen LogP) is 3.35. The van der Waals surface area contributed by atoms with Crippen LogP contribution in [-0.2, 0) is 0 Å². The molecule has 1 spiro atoms. The predicted molar refractivity (Wildman–Crippen MR) is 47.4 cm³/mol. The molecule has 0 amide bonds. The molecule has 2 aliphatic rings. The Hall–Kier alpha value is 0.480. The number of alkyl halides is 1. The third kappa shape index (κ3) is 0.861. The lowest BCUT2D eigenvalue weighted by Gasteiger charge is -2.59. The van der Waals surface area contributed by atoms with E-state index in [0.717, 1.165) is 5.41 Å². The molecule has 0 atom stereocenters. The summed E-state index contributed by atoms with van der Waals surface area (Å²) in [5.74, 6) is 0. The van der Waals surface area contributed by atoms with E-state index in [9.17, 15) is 0 Å². The van der Waals surface area contributed by atoms with Gasteiger partial charge in [0, 0.05) is 5.33 Å². The molecule has 0 radical (unpaired) electrons. The highest BCUT2D eigenvalue weighted by Gasteiger charge is 2.53. The molecule has 0 N–H and O–H groups in total. The molecule has 2 rings (SSSR count). The van der Waals surface area contributed by atoms with E-state index in [1.54, 1.807) is 0 Å². The highest BCUT2D eigenvalue weighted by atomic mass is 79.9. The summed E-state index contributed by atoms with van der Waals surface area (Å²) in [6, 6.07) is 0. The van der Waals surface area contributed by atoms with Crippen LogP contribution in [0.2, 0.25) is 0 Å². The molecule has 0 heterocycles. The van der Waals surface area contributed by atoms with Crippen molar-refractivity contribution in [1.29, 1.82) is 0 Å². The molecule has 0 aliphatic heterocycles. The molecule has 0 unspecified atom stereocenters. The van der Waals surface area contributed by atoms with E-state index in [1.807, 2.05) is 0 Å². The summed E-state index contributed by atoms with van der Waals surface area (Å²) in [7, 11) is 0. The first-order valence-electron chi connectivity index (χ1n) is 4.24. The van der Waals surface area contributed by atoms with Crippen LogP contribution in [0.1, 0.15) is 39.0 Å².